The van der Waals surface area contributed by atoms with Gasteiger partial charge in [-0.1, -0.05) is 202 Å². The van der Waals surface area contributed by atoms with Gasteiger partial charge in [0.2, 0.25) is 0 Å². The zero-order valence-electron chi connectivity index (χ0n) is 43.1. The molecule has 77 heavy (non-hydrogen) atoms. The van der Waals surface area contributed by atoms with Crippen LogP contribution in [0.2, 0.25) is 0 Å². The molecule has 5 aliphatic carbocycles. The normalized spacial score (nSPS) is 17.1. The molecule has 17 rings (SSSR count). The molecule has 0 saturated carbocycles. The van der Waals surface area contributed by atoms with E-state index in [1.165, 1.54) is 133 Å². The Bertz CT molecular complexity index is 4670. The fourth-order valence-corrected chi connectivity index (χ4v) is 15.4. The zero-order chi connectivity index (χ0) is 50.7. The lowest BCUT2D eigenvalue weighted by Crippen LogP contribution is -2.26. The standard InChI is InChI=1S/C74H53N3/c1-73(2)57-30-13-8-25-50(57)53-42-41-49(45-62(53)73)76-66-38-20-40-68(72(66)56-43-46-21-6-7-22-47(46)44-69(56)76)77(67-39-19-37-65-71(67)55-29-12-17-35-63(55)75(65)48-23-4-3-5-24-48)64-36-18-34-61-70(64)54-28-11-16-33-60(54)74(61)58-31-14-9-26-51(58)52-27-10-15-32-59(52)74/h3-4,6-23,25-44,49H,5,24,45H2,1-2H3. The molecule has 0 N–H and O–H groups in total. The average Bonchev–Trinajstić information content (AvgIpc) is 4.40. The lowest BCUT2D eigenvalue weighted by molar-refractivity contribution is 0.544. The predicted octanol–water partition coefficient (Wildman–Crippen LogP) is 19.3. The summed E-state index contributed by atoms with van der Waals surface area (Å²) < 4.78 is 5.24. The first-order valence-electron chi connectivity index (χ1n) is 27.6. The fraction of sp³-hybridized carbons (Fsp3) is 0.108. The molecule has 12 aromatic rings. The van der Waals surface area contributed by atoms with Crippen LogP contribution in [0.15, 0.2) is 248 Å². The predicted molar refractivity (Wildman–Crippen MR) is 323 cm³/mol. The maximum absolute atomic E-state index is 2.69. The number of para-hydroxylation sites is 1. The third kappa shape index (κ3) is 5.60. The number of aromatic nitrogens is 2. The van der Waals surface area contributed by atoms with Crippen molar-refractivity contribution in [3.05, 3.63) is 282 Å². The Hall–Kier alpha value is -9.18. The van der Waals surface area contributed by atoms with E-state index in [0.717, 1.165) is 30.6 Å². The van der Waals surface area contributed by atoms with Gasteiger partial charge in [-0.3, -0.25) is 0 Å². The Kier molecular flexibility index (Phi) is 8.78. The van der Waals surface area contributed by atoms with E-state index < -0.39 is 5.41 Å². The molecule has 10 aromatic carbocycles. The summed E-state index contributed by atoms with van der Waals surface area (Å²) in [7, 11) is 0. The zero-order valence-corrected chi connectivity index (χ0v) is 43.1. The number of hydrogen-bond donors (Lipinski definition) is 0. The summed E-state index contributed by atoms with van der Waals surface area (Å²) in [4.78, 5) is 2.69. The Morgan fingerprint density at radius 2 is 1.05 bits per heavy atom. The second-order valence-electron chi connectivity index (χ2n) is 22.5. The van der Waals surface area contributed by atoms with Gasteiger partial charge in [0.25, 0.3) is 0 Å². The van der Waals surface area contributed by atoms with E-state index in [0.29, 0.717) is 0 Å². The van der Waals surface area contributed by atoms with E-state index in [1.807, 2.05) is 0 Å². The molecule has 364 valence electrons. The Labute approximate surface area is 448 Å². The molecular formula is C74H53N3. The van der Waals surface area contributed by atoms with Crippen LogP contribution in [0.5, 0.6) is 0 Å². The van der Waals surface area contributed by atoms with Crippen molar-refractivity contribution < 1.29 is 0 Å². The minimum absolute atomic E-state index is 0.0775. The second kappa shape index (κ2) is 15.7. The third-order valence-electron chi connectivity index (χ3n) is 18.5. The van der Waals surface area contributed by atoms with Gasteiger partial charge in [-0.2, -0.15) is 0 Å². The first-order valence-corrected chi connectivity index (χ1v) is 27.6. The van der Waals surface area contributed by atoms with Gasteiger partial charge in [0.1, 0.15) is 0 Å². The molecule has 2 aromatic heterocycles. The monoisotopic (exact) mass is 983 g/mol. The topological polar surface area (TPSA) is 13.1 Å². The van der Waals surface area contributed by atoms with Crippen molar-refractivity contribution in [2.45, 2.75) is 50.0 Å². The molecule has 1 atom stereocenters. The quantitative estimate of drug-likeness (QED) is 0.167. The SMILES string of the molecule is CC1(C)C2=C(C=CC(n3c4cc5ccccc5cc4c4c(N(c5cccc6c5-c5ccccc5C65c6ccccc6-c6ccccc65)c5cccc6c5c5ccccc5n6C5=CC=CCC5)cccc43)C2)c2ccccc21. The number of anilines is 3. The maximum Gasteiger partial charge on any atom is 0.0726 e. The van der Waals surface area contributed by atoms with E-state index in [9.17, 15) is 0 Å². The molecule has 0 fully saturated rings. The Morgan fingerprint density at radius 3 is 1.79 bits per heavy atom. The van der Waals surface area contributed by atoms with Gasteiger partial charge >= 0.3 is 0 Å². The number of fused-ring (bicyclic) bond motifs is 19. The summed E-state index contributed by atoms with van der Waals surface area (Å²) in [5.74, 6) is 0. The van der Waals surface area contributed by atoms with Gasteiger partial charge in [0, 0.05) is 38.2 Å². The number of hydrogen-bond acceptors (Lipinski definition) is 1. The van der Waals surface area contributed by atoms with Gasteiger partial charge in [-0.15, -0.1) is 0 Å². The molecule has 1 spiro atoms. The molecule has 5 aliphatic rings. The highest BCUT2D eigenvalue weighted by Crippen LogP contribution is 2.65. The molecule has 1 unspecified atom stereocenters. The van der Waals surface area contributed by atoms with Crippen molar-refractivity contribution in [2.75, 3.05) is 4.90 Å². The van der Waals surface area contributed by atoms with Crippen LogP contribution >= 0.6 is 0 Å². The summed E-state index contributed by atoms with van der Waals surface area (Å²) in [5.41, 5.74) is 25.4. The number of allylic oxidation sites excluding steroid dienone is 8. The minimum atomic E-state index is -0.501. The highest BCUT2D eigenvalue weighted by atomic mass is 15.2. The largest absolute Gasteiger partial charge is 0.333 e. The first kappa shape index (κ1) is 43.1. The van der Waals surface area contributed by atoms with Crippen molar-refractivity contribution in [1.82, 2.24) is 9.13 Å². The number of nitrogens with zero attached hydrogens (tertiary/aromatic N) is 3. The van der Waals surface area contributed by atoms with Gasteiger partial charge in [-0.25, -0.2) is 0 Å². The number of benzene rings is 10. The van der Waals surface area contributed by atoms with Gasteiger partial charge < -0.3 is 14.0 Å². The molecular weight excluding hydrogens is 931 g/mol. The van der Waals surface area contributed by atoms with Crippen LogP contribution in [0.3, 0.4) is 0 Å². The van der Waals surface area contributed by atoms with Crippen LogP contribution in [0.4, 0.5) is 17.1 Å². The van der Waals surface area contributed by atoms with Crippen LogP contribution < -0.4 is 4.90 Å². The average molecular weight is 984 g/mol. The Balaban J connectivity index is 0.994. The molecule has 0 saturated heterocycles. The lowest BCUT2D eigenvalue weighted by Gasteiger charge is -2.32. The van der Waals surface area contributed by atoms with E-state index in [-0.39, 0.29) is 11.5 Å². The van der Waals surface area contributed by atoms with Crippen molar-refractivity contribution in [3.8, 4) is 22.3 Å². The lowest BCUT2D eigenvalue weighted by atomic mass is 9.70. The van der Waals surface area contributed by atoms with Crippen molar-refractivity contribution in [1.29, 1.82) is 0 Å². The van der Waals surface area contributed by atoms with Crippen molar-refractivity contribution >= 4 is 82.7 Å². The van der Waals surface area contributed by atoms with Crippen molar-refractivity contribution in [2.24, 2.45) is 0 Å². The molecule has 0 radical (unpaired) electrons. The molecule has 2 heterocycles. The smallest absolute Gasteiger partial charge is 0.0726 e. The Morgan fingerprint density at radius 1 is 0.481 bits per heavy atom. The van der Waals surface area contributed by atoms with E-state index >= 15 is 0 Å². The molecule has 3 nitrogen and oxygen atoms in total. The third-order valence-corrected chi connectivity index (χ3v) is 18.5. The summed E-state index contributed by atoms with van der Waals surface area (Å²) in [6.07, 6.45) is 14.7. The van der Waals surface area contributed by atoms with Crippen LogP contribution in [0.25, 0.3) is 87.9 Å². The van der Waals surface area contributed by atoms with Gasteiger partial charge in [0.05, 0.1) is 50.6 Å². The van der Waals surface area contributed by atoms with Crippen LogP contribution in [0, 0.1) is 0 Å². The summed E-state index contributed by atoms with van der Waals surface area (Å²) in [6, 6.07) is 81.2. The molecule has 0 amide bonds. The van der Waals surface area contributed by atoms with Gasteiger partial charge in [-0.05, 0) is 146 Å². The maximum atomic E-state index is 2.69. The molecule has 0 aliphatic heterocycles. The molecule has 0 bridgehead atoms. The van der Waals surface area contributed by atoms with E-state index in [2.05, 4.69) is 271 Å². The van der Waals surface area contributed by atoms with Crippen LogP contribution in [0.1, 0.15) is 72.5 Å². The second-order valence-corrected chi connectivity index (χ2v) is 22.5. The summed E-state index contributed by atoms with van der Waals surface area (Å²) >= 11 is 0. The minimum Gasteiger partial charge on any atom is -0.333 e. The van der Waals surface area contributed by atoms with Gasteiger partial charge in [0.15, 0.2) is 0 Å². The first-order chi connectivity index (χ1) is 38.0. The highest BCUT2D eigenvalue weighted by Gasteiger charge is 2.52. The fourth-order valence-electron chi connectivity index (χ4n) is 15.4. The van der Waals surface area contributed by atoms with E-state index in [4.69, 9.17) is 0 Å². The van der Waals surface area contributed by atoms with Crippen molar-refractivity contribution in [3.63, 3.8) is 0 Å². The van der Waals surface area contributed by atoms with Crippen LogP contribution in [-0.4, -0.2) is 9.13 Å². The van der Waals surface area contributed by atoms with Crippen LogP contribution in [-0.2, 0) is 10.8 Å². The molecule has 3 heteroatoms. The van der Waals surface area contributed by atoms with E-state index in [1.54, 1.807) is 0 Å². The number of rotatable bonds is 5. The highest BCUT2D eigenvalue weighted by molar-refractivity contribution is 6.23. The summed E-state index contributed by atoms with van der Waals surface area (Å²) in [6.45, 7) is 4.87. The summed E-state index contributed by atoms with van der Waals surface area (Å²) in [5, 5.41) is 7.51.